The van der Waals surface area contributed by atoms with Crippen molar-refractivity contribution in [2.75, 3.05) is 34.5 Å². The molecule has 4 heteroatoms. The van der Waals surface area contributed by atoms with Gasteiger partial charge in [-0.1, -0.05) is 6.92 Å². The van der Waals surface area contributed by atoms with Crippen LogP contribution >= 0.6 is 0 Å². The SMILES string of the molecule is CCC(COC)OC(COC)OC. The van der Waals surface area contributed by atoms with Crippen molar-refractivity contribution in [3.8, 4) is 0 Å². The average molecular weight is 192 g/mol. The van der Waals surface area contributed by atoms with Crippen molar-refractivity contribution < 1.29 is 18.9 Å². The van der Waals surface area contributed by atoms with Crippen LogP contribution < -0.4 is 0 Å². The Kier molecular flexibility index (Phi) is 8.33. The van der Waals surface area contributed by atoms with Crippen molar-refractivity contribution in [2.45, 2.75) is 25.7 Å². The molecule has 0 aromatic heterocycles. The van der Waals surface area contributed by atoms with Gasteiger partial charge in [-0.05, 0) is 6.42 Å². The van der Waals surface area contributed by atoms with Crippen molar-refractivity contribution in [1.82, 2.24) is 0 Å². The lowest BCUT2D eigenvalue weighted by Gasteiger charge is -2.21. The monoisotopic (exact) mass is 192 g/mol. The summed E-state index contributed by atoms with van der Waals surface area (Å²) in [5.74, 6) is 0. The predicted molar refractivity (Wildman–Crippen MR) is 49.7 cm³/mol. The van der Waals surface area contributed by atoms with E-state index in [0.29, 0.717) is 13.2 Å². The second-order valence-corrected chi connectivity index (χ2v) is 2.74. The number of hydrogen-bond acceptors (Lipinski definition) is 4. The number of ether oxygens (including phenoxy) is 4. The third-order valence-corrected chi connectivity index (χ3v) is 1.72. The van der Waals surface area contributed by atoms with Crippen molar-refractivity contribution in [3.05, 3.63) is 0 Å². The van der Waals surface area contributed by atoms with Gasteiger partial charge in [0.25, 0.3) is 0 Å². The highest BCUT2D eigenvalue weighted by molar-refractivity contribution is 4.54. The first-order chi connectivity index (χ1) is 6.28. The quantitative estimate of drug-likeness (QED) is 0.539. The Bertz CT molecular complexity index is 95.8. The van der Waals surface area contributed by atoms with E-state index in [2.05, 4.69) is 0 Å². The lowest BCUT2D eigenvalue weighted by atomic mass is 10.3. The van der Waals surface area contributed by atoms with Gasteiger partial charge in [0.2, 0.25) is 0 Å². The van der Waals surface area contributed by atoms with Gasteiger partial charge >= 0.3 is 0 Å². The first-order valence-corrected chi connectivity index (χ1v) is 4.44. The van der Waals surface area contributed by atoms with E-state index in [-0.39, 0.29) is 12.4 Å². The van der Waals surface area contributed by atoms with E-state index in [9.17, 15) is 0 Å². The Labute approximate surface area is 80.1 Å². The zero-order valence-electron chi connectivity index (χ0n) is 8.91. The summed E-state index contributed by atoms with van der Waals surface area (Å²) in [7, 11) is 4.88. The Morgan fingerprint density at radius 2 is 1.62 bits per heavy atom. The molecule has 0 aromatic rings. The van der Waals surface area contributed by atoms with Gasteiger partial charge in [0, 0.05) is 21.3 Å². The summed E-state index contributed by atoms with van der Waals surface area (Å²) < 4.78 is 20.5. The molecule has 0 N–H and O–H groups in total. The van der Waals surface area contributed by atoms with E-state index >= 15 is 0 Å². The Morgan fingerprint density at radius 3 is 2.00 bits per heavy atom. The highest BCUT2D eigenvalue weighted by Crippen LogP contribution is 2.04. The minimum absolute atomic E-state index is 0.0742. The summed E-state index contributed by atoms with van der Waals surface area (Å²) in [5, 5.41) is 0. The maximum Gasteiger partial charge on any atom is 0.180 e. The molecule has 80 valence electrons. The van der Waals surface area contributed by atoms with Gasteiger partial charge in [0.15, 0.2) is 6.29 Å². The molecule has 0 aliphatic rings. The van der Waals surface area contributed by atoms with Gasteiger partial charge in [-0.25, -0.2) is 0 Å². The molecule has 0 amide bonds. The molecule has 0 heterocycles. The largest absolute Gasteiger partial charge is 0.382 e. The fourth-order valence-corrected chi connectivity index (χ4v) is 0.953. The minimum Gasteiger partial charge on any atom is -0.382 e. The summed E-state index contributed by atoms with van der Waals surface area (Å²) in [5.41, 5.74) is 0. The molecule has 0 rings (SSSR count). The molecule has 2 unspecified atom stereocenters. The highest BCUT2D eigenvalue weighted by Gasteiger charge is 2.14. The second-order valence-electron chi connectivity index (χ2n) is 2.74. The van der Waals surface area contributed by atoms with Crippen molar-refractivity contribution in [3.63, 3.8) is 0 Å². The molecular formula is C9H20O4. The zero-order valence-corrected chi connectivity index (χ0v) is 8.91. The molecule has 0 aliphatic carbocycles. The number of methoxy groups -OCH3 is 3. The van der Waals surface area contributed by atoms with E-state index in [1.54, 1.807) is 21.3 Å². The first kappa shape index (κ1) is 12.8. The summed E-state index contributed by atoms with van der Waals surface area (Å²) in [6.45, 7) is 3.07. The zero-order chi connectivity index (χ0) is 10.1. The highest BCUT2D eigenvalue weighted by atomic mass is 16.7. The topological polar surface area (TPSA) is 36.9 Å². The van der Waals surface area contributed by atoms with Crippen molar-refractivity contribution in [2.24, 2.45) is 0 Å². The van der Waals surface area contributed by atoms with Crippen molar-refractivity contribution >= 4 is 0 Å². The first-order valence-electron chi connectivity index (χ1n) is 4.44. The van der Waals surface area contributed by atoms with Crippen LogP contribution in [0.25, 0.3) is 0 Å². The molecule has 0 aliphatic heterocycles. The molecule has 0 aromatic carbocycles. The Morgan fingerprint density at radius 1 is 1.00 bits per heavy atom. The van der Waals surface area contributed by atoms with Gasteiger partial charge in [-0.2, -0.15) is 0 Å². The van der Waals surface area contributed by atoms with Crippen LogP contribution in [0.3, 0.4) is 0 Å². The standard InChI is InChI=1S/C9H20O4/c1-5-8(6-10-2)13-9(12-4)7-11-3/h8-9H,5-7H2,1-4H3. The van der Waals surface area contributed by atoms with Crippen LogP contribution in [0.5, 0.6) is 0 Å². The van der Waals surface area contributed by atoms with E-state index in [1.807, 2.05) is 6.92 Å². The molecule has 0 saturated heterocycles. The lowest BCUT2D eigenvalue weighted by Crippen LogP contribution is -2.29. The van der Waals surface area contributed by atoms with Crippen molar-refractivity contribution in [1.29, 1.82) is 0 Å². The van der Waals surface area contributed by atoms with E-state index in [0.717, 1.165) is 6.42 Å². The molecule has 4 nitrogen and oxygen atoms in total. The van der Waals surface area contributed by atoms with Crippen LogP contribution in [0.1, 0.15) is 13.3 Å². The fourth-order valence-electron chi connectivity index (χ4n) is 0.953. The van der Waals surface area contributed by atoms with Crippen LogP contribution in [0.2, 0.25) is 0 Å². The van der Waals surface area contributed by atoms with Crippen LogP contribution in [0.4, 0.5) is 0 Å². The average Bonchev–Trinajstić information content (AvgIpc) is 2.16. The summed E-state index contributed by atoms with van der Waals surface area (Å²) in [6, 6.07) is 0. The summed E-state index contributed by atoms with van der Waals surface area (Å²) >= 11 is 0. The van der Waals surface area contributed by atoms with Crippen LogP contribution in [0.15, 0.2) is 0 Å². The Balaban J connectivity index is 3.73. The molecule has 0 bridgehead atoms. The molecule has 0 fully saturated rings. The molecule has 0 radical (unpaired) electrons. The molecule has 0 saturated carbocycles. The van der Waals surface area contributed by atoms with Gasteiger partial charge in [0.1, 0.15) is 0 Å². The second kappa shape index (κ2) is 8.44. The van der Waals surface area contributed by atoms with Gasteiger partial charge in [-0.15, -0.1) is 0 Å². The van der Waals surface area contributed by atoms with E-state index in [1.165, 1.54) is 0 Å². The van der Waals surface area contributed by atoms with Gasteiger partial charge < -0.3 is 18.9 Å². The maximum atomic E-state index is 5.56. The smallest absolute Gasteiger partial charge is 0.180 e. The molecule has 13 heavy (non-hydrogen) atoms. The molecular weight excluding hydrogens is 172 g/mol. The summed E-state index contributed by atoms with van der Waals surface area (Å²) in [6.07, 6.45) is 0.674. The van der Waals surface area contributed by atoms with E-state index < -0.39 is 0 Å². The van der Waals surface area contributed by atoms with Crippen LogP contribution in [0, 0.1) is 0 Å². The third kappa shape index (κ3) is 5.99. The fraction of sp³-hybridized carbons (Fsp3) is 1.00. The lowest BCUT2D eigenvalue weighted by molar-refractivity contribution is -0.187. The number of hydrogen-bond donors (Lipinski definition) is 0. The van der Waals surface area contributed by atoms with Gasteiger partial charge in [0.05, 0.1) is 19.3 Å². The van der Waals surface area contributed by atoms with Crippen LogP contribution in [-0.2, 0) is 18.9 Å². The number of rotatable bonds is 8. The van der Waals surface area contributed by atoms with Crippen LogP contribution in [-0.4, -0.2) is 46.9 Å². The predicted octanol–water partition coefficient (Wildman–Crippen LogP) is 1.05. The summed E-state index contributed by atoms with van der Waals surface area (Å²) in [4.78, 5) is 0. The molecule has 0 spiro atoms. The minimum atomic E-state index is -0.301. The van der Waals surface area contributed by atoms with E-state index in [4.69, 9.17) is 18.9 Å². The Hall–Kier alpha value is -0.160. The maximum absolute atomic E-state index is 5.56. The normalized spacial score (nSPS) is 15.7. The molecule has 2 atom stereocenters. The third-order valence-electron chi connectivity index (χ3n) is 1.72. The van der Waals surface area contributed by atoms with Gasteiger partial charge in [-0.3, -0.25) is 0 Å².